The standard InChI is InChI=1S/C20H22O5.2CH4S/c21-19(15-17-7-3-1-4-8-17)24-13-11-23-12-14-25-20(22)16-18-9-5-2-6-10-18;2*1-2/h1-10H,11-16H2;2*2H,1H3. The van der Waals surface area contributed by atoms with Crippen LogP contribution in [0.4, 0.5) is 0 Å². The zero-order valence-corrected chi connectivity index (χ0v) is 18.7. The lowest BCUT2D eigenvalue weighted by Crippen LogP contribution is -2.16. The molecule has 7 heteroatoms. The summed E-state index contributed by atoms with van der Waals surface area (Å²) in [6.45, 7) is 0.917. The van der Waals surface area contributed by atoms with Crippen LogP contribution in [0.3, 0.4) is 0 Å². The molecule has 0 aromatic heterocycles. The molecule has 0 fully saturated rings. The van der Waals surface area contributed by atoms with Crippen molar-refractivity contribution in [3.05, 3.63) is 71.8 Å². The lowest BCUT2D eigenvalue weighted by Gasteiger charge is -2.07. The SMILES string of the molecule is CS.CS.O=C(Cc1ccccc1)OCCOCCOC(=O)Cc1ccccc1. The largest absolute Gasteiger partial charge is 0.463 e. The fraction of sp³-hybridized carbons (Fsp3) is 0.364. The fourth-order valence-electron chi connectivity index (χ4n) is 2.16. The van der Waals surface area contributed by atoms with Gasteiger partial charge in [0.2, 0.25) is 0 Å². The Morgan fingerprint density at radius 3 is 1.31 bits per heavy atom. The minimum absolute atomic E-state index is 0.184. The molecule has 0 aliphatic rings. The first-order valence-corrected chi connectivity index (χ1v) is 10.9. The van der Waals surface area contributed by atoms with E-state index in [1.807, 2.05) is 60.7 Å². The molecule has 0 saturated heterocycles. The lowest BCUT2D eigenvalue weighted by atomic mass is 10.2. The highest BCUT2D eigenvalue weighted by molar-refractivity contribution is 7.79. The molecule has 0 aliphatic heterocycles. The van der Waals surface area contributed by atoms with Crippen molar-refractivity contribution in [2.45, 2.75) is 12.8 Å². The van der Waals surface area contributed by atoms with Gasteiger partial charge < -0.3 is 14.2 Å². The third kappa shape index (κ3) is 14.7. The molecule has 0 N–H and O–H groups in total. The molecule has 2 aromatic rings. The van der Waals surface area contributed by atoms with Gasteiger partial charge in [0.1, 0.15) is 13.2 Å². The molecule has 2 rings (SSSR count). The number of rotatable bonds is 10. The molecule has 5 nitrogen and oxygen atoms in total. The van der Waals surface area contributed by atoms with E-state index in [4.69, 9.17) is 14.2 Å². The number of ether oxygens (including phenoxy) is 3. The Kier molecular flexibility index (Phi) is 18.1. The van der Waals surface area contributed by atoms with Crippen molar-refractivity contribution in [2.75, 3.05) is 38.9 Å². The molecule has 0 atom stereocenters. The van der Waals surface area contributed by atoms with Gasteiger partial charge in [-0.15, -0.1) is 0 Å². The van der Waals surface area contributed by atoms with Crippen LogP contribution >= 0.6 is 25.3 Å². The summed E-state index contributed by atoms with van der Waals surface area (Å²) in [5.74, 6) is -0.576. The number of esters is 2. The van der Waals surface area contributed by atoms with Gasteiger partial charge in [-0.05, 0) is 23.6 Å². The zero-order chi connectivity index (χ0) is 21.7. The number of thiol groups is 2. The lowest BCUT2D eigenvalue weighted by molar-refractivity contribution is -0.145. The van der Waals surface area contributed by atoms with E-state index in [1.54, 1.807) is 12.5 Å². The van der Waals surface area contributed by atoms with Crippen molar-refractivity contribution in [1.82, 2.24) is 0 Å². The molecule has 0 aliphatic carbocycles. The second-order valence-electron chi connectivity index (χ2n) is 5.38. The molecule has 0 bridgehead atoms. The molecular formula is C22H30O5S2. The Balaban J connectivity index is 0.00000184. The van der Waals surface area contributed by atoms with Gasteiger partial charge in [0, 0.05) is 0 Å². The van der Waals surface area contributed by atoms with E-state index in [-0.39, 0.29) is 51.2 Å². The van der Waals surface area contributed by atoms with E-state index in [9.17, 15) is 9.59 Å². The smallest absolute Gasteiger partial charge is 0.310 e. The first-order valence-electron chi connectivity index (χ1n) is 9.10. The van der Waals surface area contributed by atoms with Crippen LogP contribution in [0.5, 0.6) is 0 Å². The van der Waals surface area contributed by atoms with Crippen LogP contribution < -0.4 is 0 Å². The van der Waals surface area contributed by atoms with Crippen LogP contribution in [-0.4, -0.2) is 50.9 Å². The normalized spacial score (nSPS) is 9.24. The van der Waals surface area contributed by atoms with Crippen LogP contribution in [0.25, 0.3) is 0 Å². The molecule has 0 unspecified atom stereocenters. The second kappa shape index (κ2) is 19.4. The third-order valence-electron chi connectivity index (χ3n) is 3.36. The second-order valence-corrected chi connectivity index (χ2v) is 5.38. The fourth-order valence-corrected chi connectivity index (χ4v) is 2.16. The van der Waals surface area contributed by atoms with E-state index in [0.29, 0.717) is 0 Å². The molecule has 0 radical (unpaired) electrons. The van der Waals surface area contributed by atoms with E-state index in [1.165, 1.54) is 0 Å². The molecule has 160 valence electrons. The van der Waals surface area contributed by atoms with Crippen molar-refractivity contribution in [3.63, 3.8) is 0 Å². The number of carbonyl (C=O) groups excluding carboxylic acids is 2. The number of hydrogen-bond acceptors (Lipinski definition) is 7. The van der Waals surface area contributed by atoms with Crippen LogP contribution in [-0.2, 0) is 36.6 Å². The molecule has 29 heavy (non-hydrogen) atoms. The minimum atomic E-state index is -0.288. The highest BCUT2D eigenvalue weighted by Gasteiger charge is 2.05. The van der Waals surface area contributed by atoms with E-state index < -0.39 is 0 Å². The number of benzene rings is 2. The Morgan fingerprint density at radius 1 is 0.621 bits per heavy atom. The Morgan fingerprint density at radius 2 is 0.966 bits per heavy atom. The van der Waals surface area contributed by atoms with Gasteiger partial charge in [-0.3, -0.25) is 9.59 Å². The average molecular weight is 439 g/mol. The highest BCUT2D eigenvalue weighted by atomic mass is 32.1. The quantitative estimate of drug-likeness (QED) is 0.337. The summed E-state index contributed by atoms with van der Waals surface area (Å²) in [5, 5.41) is 0. The molecular weight excluding hydrogens is 408 g/mol. The van der Waals surface area contributed by atoms with Crippen LogP contribution in [0.1, 0.15) is 11.1 Å². The van der Waals surface area contributed by atoms with Gasteiger partial charge in [-0.25, -0.2) is 0 Å². The maximum absolute atomic E-state index is 11.6. The summed E-state index contributed by atoms with van der Waals surface area (Å²) in [4.78, 5) is 23.2. The minimum Gasteiger partial charge on any atom is -0.463 e. The first-order chi connectivity index (χ1) is 14.2. The summed E-state index contributed by atoms with van der Waals surface area (Å²) in [6.07, 6.45) is 3.88. The van der Waals surface area contributed by atoms with Crippen LogP contribution in [0.15, 0.2) is 60.7 Å². The third-order valence-corrected chi connectivity index (χ3v) is 3.36. The molecule has 0 amide bonds. The molecule has 0 spiro atoms. The van der Waals surface area contributed by atoms with Crippen molar-refractivity contribution in [2.24, 2.45) is 0 Å². The molecule has 0 heterocycles. The van der Waals surface area contributed by atoms with Gasteiger partial charge in [-0.1, -0.05) is 60.7 Å². The van der Waals surface area contributed by atoms with Crippen LogP contribution in [0, 0.1) is 0 Å². The van der Waals surface area contributed by atoms with Gasteiger partial charge >= 0.3 is 11.9 Å². The van der Waals surface area contributed by atoms with E-state index in [2.05, 4.69) is 25.3 Å². The monoisotopic (exact) mass is 438 g/mol. The maximum atomic E-state index is 11.6. The van der Waals surface area contributed by atoms with E-state index in [0.717, 1.165) is 11.1 Å². The van der Waals surface area contributed by atoms with Crippen molar-refractivity contribution >= 4 is 37.2 Å². The highest BCUT2D eigenvalue weighted by Crippen LogP contribution is 2.01. The predicted octanol–water partition coefficient (Wildman–Crippen LogP) is 3.67. The summed E-state index contributed by atoms with van der Waals surface area (Å²) >= 11 is 7.06. The van der Waals surface area contributed by atoms with Gasteiger partial charge in [0.05, 0.1) is 26.1 Å². The summed E-state index contributed by atoms with van der Waals surface area (Å²) < 4.78 is 15.4. The summed E-state index contributed by atoms with van der Waals surface area (Å²) in [7, 11) is 0. The predicted molar refractivity (Wildman–Crippen MR) is 123 cm³/mol. The Hall–Kier alpha value is -1.96. The number of hydrogen-bond donors (Lipinski definition) is 2. The first kappa shape index (κ1) is 27.0. The Labute approximate surface area is 184 Å². The average Bonchev–Trinajstić information content (AvgIpc) is 2.77. The van der Waals surface area contributed by atoms with Gasteiger partial charge in [0.25, 0.3) is 0 Å². The van der Waals surface area contributed by atoms with E-state index >= 15 is 0 Å². The number of carbonyl (C=O) groups is 2. The van der Waals surface area contributed by atoms with Crippen molar-refractivity contribution < 1.29 is 23.8 Å². The topological polar surface area (TPSA) is 61.8 Å². The Bertz CT molecular complexity index is 593. The zero-order valence-electron chi connectivity index (χ0n) is 17.0. The summed E-state index contributed by atoms with van der Waals surface area (Å²) in [6, 6.07) is 18.8. The molecule has 2 aromatic carbocycles. The van der Waals surface area contributed by atoms with Gasteiger partial charge in [-0.2, -0.15) is 25.3 Å². The molecule has 0 saturated carbocycles. The summed E-state index contributed by atoms with van der Waals surface area (Å²) in [5.41, 5.74) is 1.83. The maximum Gasteiger partial charge on any atom is 0.310 e. The van der Waals surface area contributed by atoms with Crippen molar-refractivity contribution in [1.29, 1.82) is 0 Å². The van der Waals surface area contributed by atoms with Gasteiger partial charge in [0.15, 0.2) is 0 Å². The van der Waals surface area contributed by atoms with Crippen LogP contribution in [0.2, 0.25) is 0 Å². The van der Waals surface area contributed by atoms with Crippen molar-refractivity contribution in [3.8, 4) is 0 Å².